The van der Waals surface area contributed by atoms with Crippen molar-refractivity contribution in [3.05, 3.63) is 64.0 Å². The Morgan fingerprint density at radius 3 is 2.81 bits per heavy atom. The zero-order chi connectivity index (χ0) is 15.2. The summed E-state index contributed by atoms with van der Waals surface area (Å²) in [5.41, 5.74) is 1.07. The maximum absolute atomic E-state index is 13.1. The minimum atomic E-state index is -0.552. The highest BCUT2D eigenvalue weighted by Gasteiger charge is 2.13. The highest BCUT2D eigenvalue weighted by molar-refractivity contribution is 5.61. The lowest BCUT2D eigenvalue weighted by Gasteiger charge is -2.09. The Hall–Kier alpha value is -2.63. The molecule has 6 heteroatoms. The highest BCUT2D eigenvalue weighted by Crippen LogP contribution is 2.24. The molecule has 0 heterocycles. The smallest absolute Gasteiger partial charge is 0.292 e. The van der Waals surface area contributed by atoms with E-state index in [1.165, 1.54) is 0 Å². The van der Waals surface area contributed by atoms with Gasteiger partial charge in [-0.15, -0.1) is 0 Å². The molecule has 0 spiro atoms. The van der Waals surface area contributed by atoms with Crippen molar-refractivity contribution in [2.24, 2.45) is 0 Å². The van der Waals surface area contributed by atoms with Gasteiger partial charge in [-0.1, -0.05) is 12.1 Å². The molecule has 1 N–H and O–H groups in total. The summed E-state index contributed by atoms with van der Waals surface area (Å²) in [4.78, 5) is 10.3. The molecule has 2 aromatic carbocycles. The summed E-state index contributed by atoms with van der Waals surface area (Å²) in [6, 6.07) is 10.9. The van der Waals surface area contributed by atoms with E-state index < -0.39 is 10.7 Å². The molecule has 0 saturated heterocycles. The number of hydrogen-bond acceptors (Lipinski definition) is 4. The fraction of sp³-hybridized carbons (Fsp3) is 0.200. The number of rotatable bonds is 6. The number of anilines is 1. The quantitative estimate of drug-likeness (QED) is 0.502. The van der Waals surface area contributed by atoms with Gasteiger partial charge in [-0.3, -0.25) is 10.1 Å². The lowest BCUT2D eigenvalue weighted by molar-refractivity contribution is -0.384. The summed E-state index contributed by atoms with van der Waals surface area (Å²) in [5.74, 6) is 0.202. The van der Waals surface area contributed by atoms with E-state index in [2.05, 4.69) is 5.32 Å². The Balaban J connectivity index is 1.91. The van der Waals surface area contributed by atoms with Crippen molar-refractivity contribution in [3.63, 3.8) is 0 Å². The van der Waals surface area contributed by atoms with Gasteiger partial charge in [0.05, 0.1) is 4.92 Å². The first kappa shape index (κ1) is 14.8. The Labute approximate surface area is 121 Å². The van der Waals surface area contributed by atoms with E-state index in [0.717, 1.165) is 29.5 Å². The van der Waals surface area contributed by atoms with Gasteiger partial charge in [0.1, 0.15) is 23.9 Å². The molecule has 0 amide bonds. The largest absolute Gasteiger partial charge is 0.492 e. The van der Waals surface area contributed by atoms with E-state index >= 15 is 0 Å². The second-order valence-electron chi connectivity index (χ2n) is 4.51. The molecule has 0 bridgehead atoms. The minimum absolute atomic E-state index is 0.146. The van der Waals surface area contributed by atoms with E-state index in [-0.39, 0.29) is 11.4 Å². The number of benzene rings is 2. The van der Waals surface area contributed by atoms with Crippen LogP contribution in [0.5, 0.6) is 5.75 Å². The molecule has 0 aliphatic rings. The van der Waals surface area contributed by atoms with Crippen LogP contribution in [-0.2, 0) is 0 Å². The van der Waals surface area contributed by atoms with Crippen molar-refractivity contribution in [2.45, 2.75) is 6.92 Å². The van der Waals surface area contributed by atoms with Crippen LogP contribution >= 0.6 is 0 Å². The Morgan fingerprint density at radius 2 is 2.10 bits per heavy atom. The molecule has 0 atom stereocenters. The van der Waals surface area contributed by atoms with E-state index in [0.29, 0.717) is 13.2 Å². The summed E-state index contributed by atoms with van der Waals surface area (Å²) < 4.78 is 18.6. The molecule has 2 aromatic rings. The van der Waals surface area contributed by atoms with Crippen molar-refractivity contribution in [2.75, 3.05) is 18.5 Å². The predicted molar refractivity (Wildman–Crippen MR) is 78.2 cm³/mol. The molecule has 0 radical (unpaired) electrons. The Kier molecular flexibility index (Phi) is 4.71. The number of nitrogens with zero attached hydrogens (tertiary/aromatic N) is 1. The third-order valence-corrected chi connectivity index (χ3v) is 2.83. The third-order valence-electron chi connectivity index (χ3n) is 2.83. The van der Waals surface area contributed by atoms with Gasteiger partial charge >= 0.3 is 0 Å². The molecule has 0 fully saturated rings. The first-order chi connectivity index (χ1) is 10.1. The van der Waals surface area contributed by atoms with E-state index in [1.807, 2.05) is 31.2 Å². The number of halogens is 1. The van der Waals surface area contributed by atoms with Gasteiger partial charge in [-0.05, 0) is 30.7 Å². The zero-order valence-corrected chi connectivity index (χ0v) is 11.5. The average molecular weight is 290 g/mol. The van der Waals surface area contributed by atoms with Gasteiger partial charge in [0.15, 0.2) is 0 Å². The number of hydrogen-bond donors (Lipinski definition) is 1. The summed E-state index contributed by atoms with van der Waals surface area (Å²) in [5, 5.41) is 13.7. The van der Waals surface area contributed by atoms with Crippen LogP contribution in [-0.4, -0.2) is 18.1 Å². The van der Waals surface area contributed by atoms with Gasteiger partial charge in [0.25, 0.3) is 5.69 Å². The van der Waals surface area contributed by atoms with Crippen LogP contribution in [0.2, 0.25) is 0 Å². The van der Waals surface area contributed by atoms with Gasteiger partial charge < -0.3 is 10.1 Å². The molecule has 5 nitrogen and oxygen atoms in total. The SMILES string of the molecule is Cc1cccc(OCCNc2cc(F)ccc2[N+](=O)[O-])c1. The Bertz CT molecular complexity index is 647. The number of nitro benzene ring substituents is 1. The molecule has 21 heavy (non-hydrogen) atoms. The standard InChI is InChI=1S/C15H15FN2O3/c1-11-3-2-4-13(9-11)21-8-7-17-14-10-12(16)5-6-15(14)18(19)20/h2-6,9-10,17H,7-8H2,1H3. The summed E-state index contributed by atoms with van der Waals surface area (Å²) in [6.45, 7) is 2.61. The Morgan fingerprint density at radius 1 is 1.29 bits per heavy atom. The van der Waals surface area contributed by atoms with E-state index in [4.69, 9.17) is 4.74 Å². The van der Waals surface area contributed by atoms with Crippen LogP contribution in [0.25, 0.3) is 0 Å². The van der Waals surface area contributed by atoms with Crippen LogP contribution in [0.4, 0.5) is 15.8 Å². The molecule has 0 saturated carbocycles. The summed E-state index contributed by atoms with van der Waals surface area (Å²) in [6.07, 6.45) is 0. The van der Waals surface area contributed by atoms with Gasteiger partial charge in [0.2, 0.25) is 0 Å². The van der Waals surface area contributed by atoms with Crippen molar-refractivity contribution in [1.29, 1.82) is 0 Å². The van der Waals surface area contributed by atoms with Crippen LogP contribution in [0, 0.1) is 22.9 Å². The summed E-state index contributed by atoms with van der Waals surface area (Å²) >= 11 is 0. The fourth-order valence-electron chi connectivity index (χ4n) is 1.87. The molecular weight excluding hydrogens is 275 g/mol. The lowest BCUT2D eigenvalue weighted by Crippen LogP contribution is -2.12. The normalized spacial score (nSPS) is 10.2. The maximum atomic E-state index is 13.1. The molecule has 110 valence electrons. The van der Waals surface area contributed by atoms with Crippen molar-refractivity contribution in [1.82, 2.24) is 0 Å². The molecule has 2 rings (SSSR count). The highest BCUT2D eigenvalue weighted by atomic mass is 19.1. The van der Waals surface area contributed by atoms with Crippen molar-refractivity contribution >= 4 is 11.4 Å². The van der Waals surface area contributed by atoms with Crippen LogP contribution in [0.3, 0.4) is 0 Å². The molecule has 0 unspecified atom stereocenters. The fourth-order valence-corrected chi connectivity index (χ4v) is 1.87. The topological polar surface area (TPSA) is 64.4 Å². The molecular formula is C15H15FN2O3. The van der Waals surface area contributed by atoms with Crippen LogP contribution in [0.1, 0.15) is 5.56 Å². The second kappa shape index (κ2) is 6.69. The predicted octanol–water partition coefficient (Wildman–Crippen LogP) is 3.53. The number of nitro groups is 1. The number of ether oxygens (including phenoxy) is 1. The first-order valence-corrected chi connectivity index (χ1v) is 6.43. The molecule has 0 aromatic heterocycles. The van der Waals surface area contributed by atoms with Gasteiger partial charge in [-0.2, -0.15) is 0 Å². The first-order valence-electron chi connectivity index (χ1n) is 6.43. The average Bonchev–Trinajstić information content (AvgIpc) is 2.43. The summed E-state index contributed by atoms with van der Waals surface area (Å²) in [7, 11) is 0. The molecule has 0 aliphatic carbocycles. The third kappa shape index (κ3) is 4.17. The number of aryl methyl sites for hydroxylation is 1. The monoisotopic (exact) mass is 290 g/mol. The second-order valence-corrected chi connectivity index (χ2v) is 4.51. The van der Waals surface area contributed by atoms with Gasteiger partial charge in [-0.25, -0.2) is 4.39 Å². The van der Waals surface area contributed by atoms with E-state index in [1.54, 1.807) is 0 Å². The molecule has 0 aliphatic heterocycles. The minimum Gasteiger partial charge on any atom is -0.492 e. The van der Waals surface area contributed by atoms with Crippen molar-refractivity contribution in [3.8, 4) is 5.75 Å². The lowest BCUT2D eigenvalue weighted by atomic mass is 10.2. The van der Waals surface area contributed by atoms with Gasteiger partial charge in [0, 0.05) is 18.7 Å². The zero-order valence-electron chi connectivity index (χ0n) is 11.5. The van der Waals surface area contributed by atoms with E-state index in [9.17, 15) is 14.5 Å². The van der Waals surface area contributed by atoms with Crippen LogP contribution in [0.15, 0.2) is 42.5 Å². The van der Waals surface area contributed by atoms with Crippen LogP contribution < -0.4 is 10.1 Å². The number of nitrogens with one attached hydrogen (secondary N) is 1. The maximum Gasteiger partial charge on any atom is 0.292 e. The van der Waals surface area contributed by atoms with Crippen molar-refractivity contribution < 1.29 is 14.1 Å².